The number of hydrogen-bond acceptors (Lipinski definition) is 4. The molecule has 0 radical (unpaired) electrons. The first-order valence-electron chi connectivity index (χ1n) is 24.8. The summed E-state index contributed by atoms with van der Waals surface area (Å²) in [6.07, 6.45) is 1.67. The molecule has 0 atom stereocenters. The van der Waals surface area contributed by atoms with Crippen molar-refractivity contribution in [2.45, 2.75) is 87.4 Å². The lowest BCUT2D eigenvalue weighted by Gasteiger charge is -2.17. The van der Waals surface area contributed by atoms with E-state index in [-0.39, 0.29) is 13.0 Å². The molecule has 5 nitrogen and oxygen atoms in total. The third-order valence-electron chi connectivity index (χ3n) is 14.1. The largest absolute Gasteiger partial charge is 0.481 e. The fourth-order valence-corrected chi connectivity index (χ4v) is 10.5. The van der Waals surface area contributed by atoms with Crippen LogP contribution in [0.15, 0.2) is 164 Å². The van der Waals surface area contributed by atoms with Crippen molar-refractivity contribution in [3.05, 3.63) is 225 Å². The Kier molecular flexibility index (Phi) is 15.6. The lowest BCUT2D eigenvalue weighted by molar-refractivity contribution is -0.137. The van der Waals surface area contributed by atoms with E-state index >= 15 is 0 Å². The molecule has 0 fully saturated rings. The number of carbonyl (C=O) groups is 1. The molecule has 10 aromatic carbocycles. The Bertz CT molecular complexity index is 3480. The number of nitrogens with two attached hydrogens (primary N) is 2. The Morgan fingerprint density at radius 2 is 0.775 bits per heavy atom. The SMILES string of the molecule is Cc1ccc2cc(CN)ccc2c1-c1c(C)ccc2cc(CN)ccc12.Cc1ccc2ccccc2c1-c1c(C)ccc2cc(CCCC(=O)O)ccc12.Cc1cccc(C)c1-c1c(C)cccc1CO. The van der Waals surface area contributed by atoms with Gasteiger partial charge in [-0.25, -0.2) is 0 Å². The maximum Gasteiger partial charge on any atom is 0.303 e. The zero-order chi connectivity index (χ0) is 50.3. The van der Waals surface area contributed by atoms with Crippen LogP contribution in [0.4, 0.5) is 0 Å². The summed E-state index contributed by atoms with van der Waals surface area (Å²) in [6, 6.07) is 58.2. The Morgan fingerprint density at radius 1 is 0.394 bits per heavy atom. The first kappa shape index (κ1) is 50.0. The molecule has 0 aliphatic rings. The summed E-state index contributed by atoms with van der Waals surface area (Å²) < 4.78 is 0. The normalized spacial score (nSPS) is 11.1. The van der Waals surface area contributed by atoms with Gasteiger partial charge in [0.15, 0.2) is 0 Å². The molecule has 0 aromatic heterocycles. The van der Waals surface area contributed by atoms with Gasteiger partial charge >= 0.3 is 5.97 Å². The molecule has 0 heterocycles. The molecular weight excluding hydrogens is 869 g/mol. The maximum absolute atomic E-state index is 10.8. The number of aliphatic hydroxyl groups excluding tert-OH is 1. The number of carboxylic acids is 1. The number of carboxylic acid groups (broad SMARTS) is 1. The second kappa shape index (κ2) is 22.1. The Hall–Kier alpha value is -7.41. The molecule has 6 N–H and O–H groups in total. The van der Waals surface area contributed by atoms with E-state index in [4.69, 9.17) is 16.6 Å². The summed E-state index contributed by atoms with van der Waals surface area (Å²) in [5.74, 6) is -0.731. The van der Waals surface area contributed by atoms with Crippen molar-refractivity contribution in [2.24, 2.45) is 11.5 Å². The third kappa shape index (κ3) is 10.7. The molecule has 0 bridgehead atoms. The number of hydrogen-bond donors (Lipinski definition) is 4. The Labute approximate surface area is 419 Å². The summed E-state index contributed by atoms with van der Waals surface area (Å²) in [5, 5.41) is 28.4. The molecule has 0 saturated carbocycles. The zero-order valence-electron chi connectivity index (χ0n) is 42.3. The van der Waals surface area contributed by atoms with E-state index in [2.05, 4.69) is 200 Å². The first-order valence-corrected chi connectivity index (χ1v) is 24.8. The molecule has 0 aliphatic heterocycles. The number of aryl methyl sites for hydroxylation is 8. The molecule has 358 valence electrons. The van der Waals surface area contributed by atoms with Gasteiger partial charge in [-0.1, -0.05) is 152 Å². The fraction of sp³-hybridized carbons (Fsp3) is 0.197. The number of benzene rings is 10. The lowest BCUT2D eigenvalue weighted by atomic mass is 9.87. The Balaban J connectivity index is 0.000000147. The van der Waals surface area contributed by atoms with Crippen molar-refractivity contribution in [1.29, 1.82) is 0 Å². The van der Waals surface area contributed by atoms with Gasteiger partial charge in [-0.3, -0.25) is 4.79 Å². The minimum Gasteiger partial charge on any atom is -0.481 e. The zero-order valence-corrected chi connectivity index (χ0v) is 42.3. The summed E-state index contributed by atoms with van der Waals surface area (Å²) >= 11 is 0. The van der Waals surface area contributed by atoms with Gasteiger partial charge in [-0.15, -0.1) is 0 Å². The molecule has 0 unspecified atom stereocenters. The van der Waals surface area contributed by atoms with Gasteiger partial charge in [0.05, 0.1) is 6.61 Å². The number of aliphatic carboxylic acids is 1. The van der Waals surface area contributed by atoms with Crippen LogP contribution in [0.5, 0.6) is 0 Å². The summed E-state index contributed by atoms with van der Waals surface area (Å²) in [6.45, 7) is 16.3. The van der Waals surface area contributed by atoms with Crippen molar-refractivity contribution >= 4 is 49.1 Å². The van der Waals surface area contributed by atoms with Gasteiger partial charge in [0, 0.05) is 19.5 Å². The van der Waals surface area contributed by atoms with E-state index in [1.54, 1.807) is 0 Å². The summed E-state index contributed by atoms with van der Waals surface area (Å²) in [7, 11) is 0. The highest BCUT2D eigenvalue weighted by molar-refractivity contribution is 6.09. The minimum absolute atomic E-state index is 0.0881. The van der Waals surface area contributed by atoms with Crippen LogP contribution in [0.1, 0.15) is 74.0 Å². The second-order valence-electron chi connectivity index (χ2n) is 19.1. The van der Waals surface area contributed by atoms with Crippen molar-refractivity contribution < 1.29 is 15.0 Å². The highest BCUT2D eigenvalue weighted by atomic mass is 16.4. The monoisotopic (exact) mass is 935 g/mol. The van der Waals surface area contributed by atoms with Gasteiger partial charge in [-0.05, 0) is 211 Å². The van der Waals surface area contributed by atoms with Crippen LogP contribution < -0.4 is 11.5 Å². The van der Waals surface area contributed by atoms with Crippen molar-refractivity contribution in [2.75, 3.05) is 0 Å². The van der Waals surface area contributed by atoms with E-state index < -0.39 is 5.97 Å². The molecule has 0 saturated heterocycles. The summed E-state index contributed by atoms with van der Waals surface area (Å²) in [5.41, 5.74) is 32.7. The molecule has 71 heavy (non-hydrogen) atoms. The quantitative estimate of drug-likeness (QED) is 0.109. The van der Waals surface area contributed by atoms with E-state index in [9.17, 15) is 9.90 Å². The van der Waals surface area contributed by atoms with Crippen LogP contribution in [0, 0.1) is 48.5 Å². The highest BCUT2D eigenvalue weighted by Gasteiger charge is 2.17. The first-order chi connectivity index (χ1) is 34.3. The highest BCUT2D eigenvalue weighted by Crippen LogP contribution is 2.41. The predicted molar refractivity (Wildman–Crippen MR) is 301 cm³/mol. The lowest BCUT2D eigenvalue weighted by Crippen LogP contribution is -1.98. The van der Waals surface area contributed by atoms with Crippen LogP contribution in [-0.4, -0.2) is 16.2 Å². The molecule has 10 rings (SSSR count). The second-order valence-corrected chi connectivity index (χ2v) is 19.1. The van der Waals surface area contributed by atoms with Crippen molar-refractivity contribution in [3.8, 4) is 33.4 Å². The van der Waals surface area contributed by atoms with Crippen LogP contribution >= 0.6 is 0 Å². The molecule has 5 heteroatoms. The van der Waals surface area contributed by atoms with E-state index in [0.29, 0.717) is 19.5 Å². The van der Waals surface area contributed by atoms with Crippen LogP contribution in [0.2, 0.25) is 0 Å². The molecule has 0 aliphatic carbocycles. The van der Waals surface area contributed by atoms with E-state index in [1.807, 2.05) is 12.1 Å². The topological polar surface area (TPSA) is 110 Å². The van der Waals surface area contributed by atoms with Gasteiger partial charge in [0.1, 0.15) is 0 Å². The van der Waals surface area contributed by atoms with E-state index in [1.165, 1.54) is 121 Å². The number of aliphatic hydroxyl groups is 1. The minimum atomic E-state index is -0.731. The maximum atomic E-state index is 10.8. The van der Waals surface area contributed by atoms with Crippen molar-refractivity contribution in [1.82, 2.24) is 0 Å². The van der Waals surface area contributed by atoms with Gasteiger partial charge in [-0.2, -0.15) is 0 Å². The smallest absolute Gasteiger partial charge is 0.303 e. The number of rotatable bonds is 10. The average Bonchev–Trinajstić information content (AvgIpc) is 3.37. The average molecular weight is 935 g/mol. The van der Waals surface area contributed by atoms with E-state index in [0.717, 1.165) is 23.1 Å². The van der Waals surface area contributed by atoms with Crippen molar-refractivity contribution in [3.63, 3.8) is 0 Å². The molecule has 0 amide bonds. The summed E-state index contributed by atoms with van der Waals surface area (Å²) in [4.78, 5) is 10.8. The van der Waals surface area contributed by atoms with Crippen LogP contribution in [0.3, 0.4) is 0 Å². The molecular formula is C66H66N2O3. The van der Waals surface area contributed by atoms with Gasteiger partial charge < -0.3 is 21.7 Å². The van der Waals surface area contributed by atoms with Gasteiger partial charge in [0.2, 0.25) is 0 Å². The van der Waals surface area contributed by atoms with Gasteiger partial charge in [0.25, 0.3) is 0 Å². The standard InChI is InChI=1S/C26H24O2.C24H24N2.C16H18O/c1-17-10-13-20-7-3-4-8-22(20)25(17)26-18(2)11-14-21-16-19(12-15-23(21)26)6-5-9-24(27)28;1-15-3-7-19-11-17(13-25)5-9-21(19)23(15)24-16(2)4-8-20-12-18(14-26)6-10-22(20)24;1-11-6-4-7-12(2)15(11)16-13(3)8-5-9-14(16)10-17/h3-4,7-8,10-16H,5-6,9H2,1-2H3,(H,27,28);3-12H,13-14,25-26H2,1-2H3;4-9,17H,10H2,1-3H3. The molecule has 10 aromatic rings. The van der Waals surface area contributed by atoms with Crippen LogP contribution in [-0.2, 0) is 30.9 Å². The third-order valence-corrected chi connectivity index (χ3v) is 14.1. The number of fused-ring (bicyclic) bond motifs is 4. The predicted octanol–water partition coefficient (Wildman–Crippen LogP) is 15.6. The Morgan fingerprint density at radius 3 is 1.23 bits per heavy atom. The fourth-order valence-electron chi connectivity index (χ4n) is 10.5. The van der Waals surface area contributed by atoms with Crippen LogP contribution in [0.25, 0.3) is 76.5 Å². The molecule has 0 spiro atoms.